The third-order valence-electron chi connectivity index (χ3n) is 2.81. The van der Waals surface area contributed by atoms with Gasteiger partial charge in [-0.15, -0.1) is 0 Å². The van der Waals surface area contributed by atoms with Crippen molar-refractivity contribution < 1.29 is 9.90 Å². The number of carbonyl (C=O) groups is 1. The van der Waals surface area contributed by atoms with Crippen molar-refractivity contribution in [1.29, 1.82) is 0 Å². The van der Waals surface area contributed by atoms with E-state index in [1.165, 1.54) is 0 Å². The summed E-state index contributed by atoms with van der Waals surface area (Å²) in [4.78, 5) is 10.00. The maximum Gasteiger partial charge on any atom is 0.129 e. The van der Waals surface area contributed by atoms with E-state index in [-0.39, 0.29) is 5.41 Å². The van der Waals surface area contributed by atoms with Gasteiger partial charge in [0.1, 0.15) is 6.29 Å². The molecule has 0 aliphatic heterocycles. The molecule has 2 unspecified atom stereocenters. The maximum atomic E-state index is 10.00. The van der Waals surface area contributed by atoms with E-state index < -0.39 is 5.60 Å². The van der Waals surface area contributed by atoms with Crippen molar-refractivity contribution in [3.8, 4) is 0 Å². The summed E-state index contributed by atoms with van der Waals surface area (Å²) >= 11 is 0. The van der Waals surface area contributed by atoms with Crippen LogP contribution in [0.3, 0.4) is 0 Å². The van der Waals surface area contributed by atoms with Crippen LogP contribution in [-0.4, -0.2) is 17.0 Å². The third kappa shape index (κ3) is 0.0742. The lowest BCUT2D eigenvalue weighted by Crippen LogP contribution is -1.83. The van der Waals surface area contributed by atoms with Gasteiger partial charge in [-0.3, -0.25) is 0 Å². The Hall–Kier alpha value is -0.370. The Morgan fingerprint density at radius 3 is 2.00 bits per heavy atom. The van der Waals surface area contributed by atoms with Crippen LogP contribution in [0.1, 0.15) is 0 Å². The fourth-order valence-corrected chi connectivity index (χ4v) is 1.85. The monoisotopic (exact) mass is 96.0 g/mol. The van der Waals surface area contributed by atoms with Gasteiger partial charge in [0.25, 0.3) is 0 Å². The van der Waals surface area contributed by atoms with E-state index in [2.05, 4.69) is 0 Å². The van der Waals surface area contributed by atoms with E-state index in [4.69, 9.17) is 5.11 Å². The van der Waals surface area contributed by atoms with Crippen molar-refractivity contribution in [2.24, 2.45) is 17.3 Å². The molecule has 4 rings (SSSR count). The van der Waals surface area contributed by atoms with Crippen LogP contribution in [0, 0.1) is 17.3 Å². The minimum atomic E-state index is -0.422. The minimum absolute atomic E-state index is 0.146. The van der Waals surface area contributed by atoms with Crippen LogP contribution in [0.4, 0.5) is 0 Å². The Morgan fingerprint density at radius 1 is 1.57 bits per heavy atom. The molecule has 2 atom stereocenters. The number of rotatable bonds is 1. The van der Waals surface area contributed by atoms with Crippen molar-refractivity contribution in [3.05, 3.63) is 0 Å². The Kier molecular flexibility index (Phi) is 0.140. The second kappa shape index (κ2) is 0.348. The SMILES string of the molecule is O=CC12C3C1C32O. The molecule has 0 spiro atoms. The molecule has 4 fully saturated rings. The van der Waals surface area contributed by atoms with Crippen LogP contribution < -0.4 is 0 Å². The topological polar surface area (TPSA) is 37.3 Å². The quantitative estimate of drug-likeness (QED) is 0.433. The first-order chi connectivity index (χ1) is 3.30. The molecule has 4 saturated carbocycles. The van der Waals surface area contributed by atoms with Crippen LogP contribution in [0.2, 0.25) is 0 Å². The molecule has 4 aliphatic carbocycles. The van der Waals surface area contributed by atoms with Gasteiger partial charge in [-0.25, -0.2) is 0 Å². The van der Waals surface area contributed by atoms with Crippen molar-refractivity contribution in [1.82, 2.24) is 0 Å². The van der Waals surface area contributed by atoms with Crippen LogP contribution in [-0.2, 0) is 4.79 Å². The van der Waals surface area contributed by atoms with Crippen LogP contribution >= 0.6 is 0 Å². The molecule has 0 saturated heterocycles. The van der Waals surface area contributed by atoms with Crippen molar-refractivity contribution in [2.45, 2.75) is 5.60 Å². The number of carbonyl (C=O) groups excluding carboxylic acids is 1. The largest absolute Gasteiger partial charge is 0.388 e. The molecule has 0 aromatic heterocycles. The zero-order valence-electron chi connectivity index (χ0n) is 3.59. The van der Waals surface area contributed by atoms with Crippen LogP contribution in [0.5, 0.6) is 0 Å². The summed E-state index contributed by atoms with van der Waals surface area (Å²) in [6.45, 7) is 0. The Labute approximate surface area is 40.1 Å². The first-order valence-electron chi connectivity index (χ1n) is 2.49. The normalized spacial score (nSPS) is 87.6. The number of hydrogen-bond acceptors (Lipinski definition) is 2. The minimum Gasteiger partial charge on any atom is -0.388 e. The molecule has 0 aromatic carbocycles. The maximum absolute atomic E-state index is 10.00. The van der Waals surface area contributed by atoms with Crippen LogP contribution in [0.25, 0.3) is 0 Å². The average molecular weight is 96.1 g/mol. The Morgan fingerprint density at radius 2 is 2.00 bits per heavy atom. The molecule has 7 heavy (non-hydrogen) atoms. The summed E-state index contributed by atoms with van der Waals surface area (Å²) in [5, 5.41) is 8.96. The lowest BCUT2D eigenvalue weighted by atomic mass is 10.5. The van der Waals surface area contributed by atoms with Gasteiger partial charge < -0.3 is 9.90 Å². The zero-order valence-corrected chi connectivity index (χ0v) is 3.59. The van der Waals surface area contributed by atoms with E-state index in [0.29, 0.717) is 11.8 Å². The summed E-state index contributed by atoms with van der Waals surface area (Å²) in [5.74, 6) is 0.856. The highest BCUT2D eigenvalue weighted by molar-refractivity contribution is 5.92. The molecule has 36 valence electrons. The van der Waals surface area contributed by atoms with E-state index in [1.54, 1.807) is 0 Å². The highest BCUT2D eigenvalue weighted by Crippen LogP contribution is 3.11. The molecule has 2 heteroatoms. The second-order valence-corrected chi connectivity index (χ2v) is 2.83. The average Bonchev–Trinajstić information content (AvgIpc) is 2.38. The summed E-state index contributed by atoms with van der Waals surface area (Å²) in [6.07, 6.45) is 0.919. The number of hydrogen-bond donors (Lipinski definition) is 1. The summed E-state index contributed by atoms with van der Waals surface area (Å²) in [5.41, 5.74) is -0.568. The molecule has 0 amide bonds. The van der Waals surface area contributed by atoms with Gasteiger partial charge in [0.15, 0.2) is 0 Å². The highest BCUT2D eigenvalue weighted by Gasteiger charge is 3.21. The second-order valence-electron chi connectivity index (χ2n) is 2.83. The van der Waals surface area contributed by atoms with Gasteiger partial charge in [-0.2, -0.15) is 0 Å². The standard InChI is InChI=1S/C5H4O2/c6-1-4-2-3(4)5(2,4)7/h1-3,7H. The fourth-order valence-electron chi connectivity index (χ4n) is 1.85. The van der Waals surface area contributed by atoms with E-state index in [0.717, 1.165) is 6.29 Å². The predicted molar refractivity (Wildman–Crippen MR) is 20.4 cm³/mol. The molecular weight excluding hydrogens is 92.1 g/mol. The molecule has 4 aliphatic rings. The van der Waals surface area contributed by atoms with E-state index in [9.17, 15) is 4.79 Å². The predicted octanol–water partition coefficient (Wildman–Crippen LogP) is -0.824. The van der Waals surface area contributed by atoms with Gasteiger partial charge in [0.05, 0.1) is 11.0 Å². The molecule has 1 N–H and O–H groups in total. The van der Waals surface area contributed by atoms with Crippen molar-refractivity contribution >= 4 is 6.29 Å². The van der Waals surface area contributed by atoms with Gasteiger partial charge in [0, 0.05) is 11.8 Å². The molecule has 0 aromatic rings. The molecule has 0 bridgehead atoms. The molecule has 0 radical (unpaired) electrons. The number of aldehydes is 1. The molecule has 2 nitrogen and oxygen atoms in total. The summed E-state index contributed by atoms with van der Waals surface area (Å²) in [6, 6.07) is 0. The number of aliphatic hydroxyl groups is 1. The van der Waals surface area contributed by atoms with E-state index in [1.807, 2.05) is 0 Å². The summed E-state index contributed by atoms with van der Waals surface area (Å²) in [7, 11) is 0. The first-order valence-corrected chi connectivity index (χ1v) is 2.49. The van der Waals surface area contributed by atoms with Gasteiger partial charge >= 0.3 is 0 Å². The van der Waals surface area contributed by atoms with E-state index >= 15 is 0 Å². The lowest BCUT2D eigenvalue weighted by Gasteiger charge is -1.67. The smallest absolute Gasteiger partial charge is 0.129 e. The Balaban J connectivity index is 2.21. The van der Waals surface area contributed by atoms with Crippen molar-refractivity contribution in [2.75, 3.05) is 0 Å². The van der Waals surface area contributed by atoms with Gasteiger partial charge in [-0.1, -0.05) is 0 Å². The summed E-state index contributed by atoms with van der Waals surface area (Å²) < 4.78 is 0. The molecule has 0 heterocycles. The fraction of sp³-hybridized carbons (Fsp3) is 0.800. The lowest BCUT2D eigenvalue weighted by molar-refractivity contribution is -0.109. The molecular formula is C5H4O2. The van der Waals surface area contributed by atoms with Crippen LogP contribution in [0.15, 0.2) is 0 Å². The van der Waals surface area contributed by atoms with Gasteiger partial charge in [-0.05, 0) is 0 Å². The zero-order chi connectivity index (χ0) is 4.86. The first kappa shape index (κ1) is 2.82. The Bertz CT molecular complexity index is 175. The third-order valence-corrected chi connectivity index (χ3v) is 2.81. The highest BCUT2D eigenvalue weighted by atomic mass is 16.3. The van der Waals surface area contributed by atoms with Gasteiger partial charge in [0.2, 0.25) is 0 Å². The van der Waals surface area contributed by atoms with Crippen molar-refractivity contribution in [3.63, 3.8) is 0 Å².